The summed E-state index contributed by atoms with van der Waals surface area (Å²) in [5.41, 5.74) is 1.74. The summed E-state index contributed by atoms with van der Waals surface area (Å²) in [5.74, 6) is -0.288. The van der Waals surface area contributed by atoms with Gasteiger partial charge in [-0.05, 0) is 50.6 Å². The van der Waals surface area contributed by atoms with Crippen LogP contribution in [0.2, 0.25) is 0 Å². The van der Waals surface area contributed by atoms with Crippen molar-refractivity contribution in [3.63, 3.8) is 0 Å². The smallest absolute Gasteiger partial charge is 0.343 e. The first kappa shape index (κ1) is 17.3. The van der Waals surface area contributed by atoms with Gasteiger partial charge in [0.1, 0.15) is 22.7 Å². The van der Waals surface area contributed by atoms with Crippen molar-refractivity contribution in [2.45, 2.75) is 32.5 Å². The number of aryl methyl sites for hydroxylation is 1. The number of carbonyl (C=O) groups excluding carboxylic acids is 1. The highest BCUT2D eigenvalue weighted by Gasteiger charge is 2.41. The molecule has 0 aliphatic carbocycles. The molecule has 1 atom stereocenters. The maximum atomic E-state index is 12.5. The summed E-state index contributed by atoms with van der Waals surface area (Å²) >= 11 is 0. The maximum absolute atomic E-state index is 12.5. The first-order valence-corrected chi connectivity index (χ1v) is 8.59. The Morgan fingerprint density at radius 2 is 1.96 bits per heavy atom. The maximum Gasteiger partial charge on any atom is 0.343 e. The van der Waals surface area contributed by atoms with Gasteiger partial charge in [0, 0.05) is 11.1 Å². The second-order valence-electron chi connectivity index (χ2n) is 7.28. The fourth-order valence-corrected chi connectivity index (χ4v) is 3.62. The van der Waals surface area contributed by atoms with Gasteiger partial charge in [0.15, 0.2) is 17.6 Å². The van der Waals surface area contributed by atoms with Crippen LogP contribution in [-0.2, 0) is 4.74 Å². The first-order chi connectivity index (χ1) is 12.7. The van der Waals surface area contributed by atoms with Gasteiger partial charge in [-0.1, -0.05) is 6.08 Å². The minimum Gasteiger partial charge on any atom is -0.507 e. The predicted molar refractivity (Wildman–Crippen MR) is 98.5 cm³/mol. The number of rotatable bonds is 2. The molecule has 0 unspecified atom stereocenters. The van der Waals surface area contributed by atoms with Gasteiger partial charge in [-0.25, -0.2) is 4.79 Å². The average Bonchev–Trinajstić information content (AvgIpc) is 2.90. The summed E-state index contributed by atoms with van der Waals surface area (Å²) in [4.78, 5) is 12.5. The van der Waals surface area contributed by atoms with E-state index in [0.29, 0.717) is 22.4 Å². The van der Waals surface area contributed by atoms with Crippen LogP contribution in [0, 0.1) is 6.92 Å². The second-order valence-corrected chi connectivity index (χ2v) is 7.28. The van der Waals surface area contributed by atoms with Gasteiger partial charge in [-0.3, -0.25) is 0 Å². The van der Waals surface area contributed by atoms with Crippen LogP contribution in [-0.4, -0.2) is 28.9 Å². The number of carbonyl (C=O) groups is 1. The average molecular weight is 368 g/mol. The van der Waals surface area contributed by atoms with E-state index >= 15 is 0 Å². The quantitative estimate of drug-likeness (QED) is 0.783. The molecule has 27 heavy (non-hydrogen) atoms. The number of cyclic esters (lactones) is 1. The first-order valence-electron chi connectivity index (χ1n) is 8.59. The molecule has 0 saturated heterocycles. The van der Waals surface area contributed by atoms with Gasteiger partial charge in [0.25, 0.3) is 0 Å². The number of hydrogen-bond donors (Lipinski definition) is 2. The zero-order valence-electron chi connectivity index (χ0n) is 15.5. The van der Waals surface area contributed by atoms with Crippen molar-refractivity contribution in [2.24, 2.45) is 0 Å². The van der Waals surface area contributed by atoms with E-state index in [-0.39, 0.29) is 22.8 Å². The number of phenolic OH excluding ortho intramolecular Hbond substituents is 2. The molecule has 2 heterocycles. The summed E-state index contributed by atoms with van der Waals surface area (Å²) in [7, 11) is 1.42. The van der Waals surface area contributed by atoms with Gasteiger partial charge in [-0.2, -0.15) is 0 Å². The third-order valence-corrected chi connectivity index (χ3v) is 4.88. The van der Waals surface area contributed by atoms with Crippen molar-refractivity contribution in [1.29, 1.82) is 0 Å². The van der Waals surface area contributed by atoms with Crippen molar-refractivity contribution >= 4 is 12.0 Å². The van der Waals surface area contributed by atoms with Crippen LogP contribution in [0.5, 0.6) is 23.0 Å². The molecule has 0 amide bonds. The Balaban J connectivity index is 1.95. The summed E-state index contributed by atoms with van der Waals surface area (Å²) in [6, 6.07) is 5.02. The minimum absolute atomic E-state index is 0.0431. The summed E-state index contributed by atoms with van der Waals surface area (Å²) in [5, 5.41) is 21.1. The molecule has 2 N–H and O–H groups in total. The Morgan fingerprint density at radius 1 is 1.22 bits per heavy atom. The number of phenols is 2. The third-order valence-electron chi connectivity index (χ3n) is 4.88. The van der Waals surface area contributed by atoms with Crippen molar-refractivity contribution in [3.8, 4) is 23.0 Å². The lowest BCUT2D eigenvalue weighted by atomic mass is 9.92. The molecule has 0 fully saturated rings. The summed E-state index contributed by atoms with van der Waals surface area (Å²) < 4.78 is 16.8. The Hall–Kier alpha value is -3.15. The highest BCUT2D eigenvalue weighted by Crippen LogP contribution is 2.51. The van der Waals surface area contributed by atoms with Crippen molar-refractivity contribution in [1.82, 2.24) is 0 Å². The van der Waals surface area contributed by atoms with E-state index in [1.807, 2.05) is 26.0 Å². The topological polar surface area (TPSA) is 85.2 Å². The standard InChI is InChI=1S/C21H20O6/c1-10-9-12-14(16(23)17(10)25-4)20(24)26-19(12)15-13(22)6-5-11-7-8-21(2,3)27-18(11)15/h5-9,19,22-23H,1-4H3/t19-/m0/s1. The Bertz CT molecular complexity index is 1000. The van der Waals surface area contributed by atoms with Crippen LogP contribution in [0.15, 0.2) is 24.3 Å². The van der Waals surface area contributed by atoms with Gasteiger partial charge >= 0.3 is 5.97 Å². The third kappa shape index (κ3) is 2.51. The Labute approximate surface area is 156 Å². The Kier molecular flexibility index (Phi) is 3.63. The van der Waals surface area contributed by atoms with Crippen LogP contribution in [0.3, 0.4) is 0 Å². The van der Waals surface area contributed by atoms with Crippen molar-refractivity contribution in [3.05, 3.63) is 52.1 Å². The van der Waals surface area contributed by atoms with Crippen LogP contribution in [0.1, 0.15) is 52.6 Å². The molecular formula is C21H20O6. The van der Waals surface area contributed by atoms with Gasteiger partial charge < -0.3 is 24.4 Å². The lowest BCUT2D eigenvalue weighted by molar-refractivity contribution is 0.0441. The highest BCUT2D eigenvalue weighted by molar-refractivity contribution is 5.99. The van der Waals surface area contributed by atoms with Crippen LogP contribution in [0.25, 0.3) is 6.08 Å². The van der Waals surface area contributed by atoms with E-state index in [2.05, 4.69) is 0 Å². The fraction of sp³-hybridized carbons (Fsp3) is 0.286. The molecular weight excluding hydrogens is 348 g/mol. The van der Waals surface area contributed by atoms with Gasteiger partial charge in [0.2, 0.25) is 0 Å². The van der Waals surface area contributed by atoms with Crippen molar-refractivity contribution < 1.29 is 29.2 Å². The van der Waals surface area contributed by atoms with Gasteiger partial charge in [0.05, 0.1) is 12.7 Å². The molecule has 0 radical (unpaired) electrons. The zero-order valence-corrected chi connectivity index (χ0v) is 15.5. The van der Waals surface area contributed by atoms with Crippen molar-refractivity contribution in [2.75, 3.05) is 7.11 Å². The Morgan fingerprint density at radius 3 is 2.67 bits per heavy atom. The normalized spacial score (nSPS) is 19.1. The summed E-state index contributed by atoms with van der Waals surface area (Å²) in [6.45, 7) is 5.56. The number of aromatic hydroxyl groups is 2. The fourth-order valence-electron chi connectivity index (χ4n) is 3.62. The van der Waals surface area contributed by atoms with E-state index in [9.17, 15) is 15.0 Å². The molecule has 0 aromatic heterocycles. The molecule has 140 valence electrons. The van der Waals surface area contributed by atoms with Crippen LogP contribution >= 0.6 is 0 Å². The lowest BCUT2D eigenvalue weighted by Gasteiger charge is -2.30. The van der Waals surface area contributed by atoms with Crippen LogP contribution in [0.4, 0.5) is 0 Å². The predicted octanol–water partition coefficient (Wildman–Crippen LogP) is 3.86. The molecule has 2 aliphatic rings. The van der Waals surface area contributed by atoms with E-state index in [1.165, 1.54) is 7.11 Å². The molecule has 2 aromatic carbocycles. The number of benzene rings is 2. The largest absolute Gasteiger partial charge is 0.507 e. The molecule has 0 spiro atoms. The van der Waals surface area contributed by atoms with E-state index in [1.54, 1.807) is 25.1 Å². The SMILES string of the molecule is COc1c(C)cc2c(c1O)C(=O)O[C@@H]2c1c(O)ccc2c1OC(C)(C)C=C2. The molecule has 4 rings (SSSR count). The monoisotopic (exact) mass is 368 g/mol. The molecule has 6 heteroatoms. The molecule has 0 bridgehead atoms. The highest BCUT2D eigenvalue weighted by atomic mass is 16.6. The molecule has 0 saturated carbocycles. The van der Waals surface area contributed by atoms with E-state index < -0.39 is 17.7 Å². The summed E-state index contributed by atoms with van der Waals surface area (Å²) in [6.07, 6.45) is 2.95. The van der Waals surface area contributed by atoms with E-state index in [4.69, 9.17) is 14.2 Å². The number of hydrogen-bond acceptors (Lipinski definition) is 6. The number of esters is 1. The van der Waals surface area contributed by atoms with Crippen LogP contribution < -0.4 is 9.47 Å². The second kappa shape index (κ2) is 5.67. The van der Waals surface area contributed by atoms with Gasteiger partial charge in [-0.15, -0.1) is 0 Å². The molecule has 6 nitrogen and oxygen atoms in total. The lowest BCUT2D eigenvalue weighted by Crippen LogP contribution is -2.28. The molecule has 2 aromatic rings. The molecule has 2 aliphatic heterocycles. The zero-order chi connectivity index (χ0) is 19.5. The number of methoxy groups -OCH3 is 1. The van der Waals surface area contributed by atoms with E-state index in [0.717, 1.165) is 5.56 Å². The minimum atomic E-state index is -0.889. The number of ether oxygens (including phenoxy) is 3. The number of fused-ring (bicyclic) bond motifs is 2.